The Morgan fingerprint density at radius 2 is 2.00 bits per heavy atom. The van der Waals surface area contributed by atoms with Crippen molar-refractivity contribution < 1.29 is 0 Å². The Morgan fingerprint density at radius 3 is 2.56 bits per heavy atom. The lowest BCUT2D eigenvalue weighted by Crippen LogP contribution is -2.15. The summed E-state index contributed by atoms with van der Waals surface area (Å²) in [5.74, 6) is 0. The lowest BCUT2D eigenvalue weighted by Gasteiger charge is -2.04. The zero-order valence-corrected chi connectivity index (χ0v) is 9.80. The highest BCUT2D eigenvalue weighted by molar-refractivity contribution is 5.15. The van der Waals surface area contributed by atoms with Gasteiger partial charge >= 0.3 is 0 Å². The number of rotatable bonds is 4. The molecule has 0 radical (unpaired) electrons. The molecule has 6 nitrogen and oxygen atoms in total. The molecule has 0 bridgehead atoms. The number of nitrogens with one attached hydrogen (secondary N) is 1. The molecule has 2 aromatic rings. The molecule has 0 spiro atoms. The van der Waals surface area contributed by atoms with Crippen LogP contribution in [0.1, 0.15) is 17.0 Å². The minimum absolute atomic E-state index is 0.762. The van der Waals surface area contributed by atoms with E-state index >= 15 is 0 Å². The van der Waals surface area contributed by atoms with Crippen LogP contribution in [0.15, 0.2) is 12.4 Å². The van der Waals surface area contributed by atoms with E-state index in [9.17, 15) is 0 Å². The third-order valence-corrected chi connectivity index (χ3v) is 2.77. The summed E-state index contributed by atoms with van der Waals surface area (Å²) in [5, 5.41) is 15.2. The summed E-state index contributed by atoms with van der Waals surface area (Å²) in [7, 11) is 3.84. The van der Waals surface area contributed by atoms with Gasteiger partial charge in [0, 0.05) is 38.4 Å². The van der Waals surface area contributed by atoms with E-state index in [1.165, 1.54) is 11.3 Å². The average Bonchev–Trinajstić information content (AvgIpc) is 2.80. The Kier molecular flexibility index (Phi) is 3.00. The molecule has 6 heteroatoms. The second-order valence-corrected chi connectivity index (χ2v) is 3.83. The minimum atomic E-state index is 0.762. The van der Waals surface area contributed by atoms with Gasteiger partial charge in [0.25, 0.3) is 0 Å². The van der Waals surface area contributed by atoms with Gasteiger partial charge in [0.05, 0.1) is 18.1 Å². The first kappa shape index (κ1) is 10.8. The standard InChI is InChI=1S/C10H16N6/c1-8-9(5-13-15(8)2)4-11-6-10-7-12-14-16(10)3/h5,7,11H,4,6H2,1-3H3. The van der Waals surface area contributed by atoms with Crippen LogP contribution in [-0.4, -0.2) is 24.8 Å². The fourth-order valence-corrected chi connectivity index (χ4v) is 1.51. The summed E-state index contributed by atoms with van der Waals surface area (Å²) in [6.45, 7) is 3.64. The molecule has 2 rings (SSSR count). The summed E-state index contributed by atoms with van der Waals surface area (Å²) in [6, 6.07) is 0. The van der Waals surface area contributed by atoms with Crippen molar-refractivity contribution in [1.29, 1.82) is 0 Å². The maximum absolute atomic E-state index is 4.20. The van der Waals surface area contributed by atoms with E-state index in [0.717, 1.165) is 18.8 Å². The minimum Gasteiger partial charge on any atom is -0.307 e. The van der Waals surface area contributed by atoms with Gasteiger partial charge in [-0.3, -0.25) is 9.36 Å². The smallest absolute Gasteiger partial charge is 0.0738 e. The van der Waals surface area contributed by atoms with Crippen molar-refractivity contribution in [2.24, 2.45) is 14.1 Å². The highest BCUT2D eigenvalue weighted by atomic mass is 15.4. The van der Waals surface area contributed by atoms with Crippen LogP contribution >= 0.6 is 0 Å². The molecule has 2 aromatic heterocycles. The summed E-state index contributed by atoms with van der Waals surface area (Å²) in [4.78, 5) is 0. The molecule has 0 saturated carbocycles. The van der Waals surface area contributed by atoms with Crippen molar-refractivity contribution in [3.8, 4) is 0 Å². The highest BCUT2D eigenvalue weighted by Crippen LogP contribution is 2.05. The van der Waals surface area contributed by atoms with Crippen LogP contribution in [-0.2, 0) is 27.2 Å². The third-order valence-electron chi connectivity index (χ3n) is 2.77. The van der Waals surface area contributed by atoms with Crippen molar-refractivity contribution in [2.45, 2.75) is 20.0 Å². The first-order chi connectivity index (χ1) is 7.68. The van der Waals surface area contributed by atoms with Crippen LogP contribution in [0, 0.1) is 6.92 Å². The molecule has 2 heterocycles. The maximum atomic E-state index is 4.20. The summed E-state index contributed by atoms with van der Waals surface area (Å²) in [5.41, 5.74) is 3.48. The van der Waals surface area contributed by atoms with E-state index in [-0.39, 0.29) is 0 Å². The van der Waals surface area contributed by atoms with Crippen molar-refractivity contribution in [1.82, 2.24) is 30.1 Å². The molecule has 0 aliphatic rings. The molecule has 16 heavy (non-hydrogen) atoms. The van der Waals surface area contributed by atoms with Gasteiger partial charge in [-0.25, -0.2) is 0 Å². The van der Waals surface area contributed by atoms with Crippen LogP contribution in [0.2, 0.25) is 0 Å². The average molecular weight is 220 g/mol. The van der Waals surface area contributed by atoms with Gasteiger partial charge in [-0.1, -0.05) is 5.21 Å². The van der Waals surface area contributed by atoms with Crippen LogP contribution in [0.25, 0.3) is 0 Å². The Balaban J connectivity index is 1.89. The molecule has 0 aliphatic heterocycles. The van der Waals surface area contributed by atoms with E-state index in [1.807, 2.05) is 25.0 Å². The van der Waals surface area contributed by atoms with E-state index in [4.69, 9.17) is 0 Å². The fourth-order valence-electron chi connectivity index (χ4n) is 1.51. The molecule has 86 valence electrons. The van der Waals surface area contributed by atoms with E-state index < -0.39 is 0 Å². The molecular formula is C10H16N6. The normalized spacial score (nSPS) is 10.9. The molecule has 0 fully saturated rings. The Morgan fingerprint density at radius 1 is 1.19 bits per heavy atom. The Bertz CT molecular complexity index is 469. The van der Waals surface area contributed by atoms with Gasteiger partial charge in [-0.05, 0) is 6.92 Å². The van der Waals surface area contributed by atoms with E-state index in [1.54, 1.807) is 10.9 Å². The molecule has 0 saturated heterocycles. The number of nitrogens with zero attached hydrogens (tertiary/aromatic N) is 5. The first-order valence-corrected chi connectivity index (χ1v) is 5.20. The predicted molar refractivity (Wildman–Crippen MR) is 59.5 cm³/mol. The second-order valence-electron chi connectivity index (χ2n) is 3.83. The van der Waals surface area contributed by atoms with Gasteiger partial charge in [0.1, 0.15) is 0 Å². The van der Waals surface area contributed by atoms with E-state index in [2.05, 4.69) is 27.7 Å². The lowest BCUT2D eigenvalue weighted by molar-refractivity contribution is 0.615. The topological polar surface area (TPSA) is 60.6 Å². The summed E-state index contributed by atoms with van der Waals surface area (Å²) < 4.78 is 3.64. The first-order valence-electron chi connectivity index (χ1n) is 5.20. The number of aryl methyl sites for hydroxylation is 2. The SMILES string of the molecule is Cc1c(CNCc2cnnn2C)cnn1C. The largest absolute Gasteiger partial charge is 0.307 e. The molecule has 0 aromatic carbocycles. The van der Waals surface area contributed by atoms with Crippen LogP contribution in [0.3, 0.4) is 0 Å². The maximum Gasteiger partial charge on any atom is 0.0738 e. The number of hydrogen-bond donors (Lipinski definition) is 1. The van der Waals surface area contributed by atoms with Crippen LogP contribution < -0.4 is 5.32 Å². The molecule has 1 N–H and O–H groups in total. The highest BCUT2D eigenvalue weighted by Gasteiger charge is 2.04. The van der Waals surface area contributed by atoms with Gasteiger partial charge in [-0.2, -0.15) is 5.10 Å². The van der Waals surface area contributed by atoms with Gasteiger partial charge in [-0.15, -0.1) is 5.10 Å². The van der Waals surface area contributed by atoms with Gasteiger partial charge in [0.15, 0.2) is 0 Å². The Labute approximate surface area is 94.3 Å². The number of aromatic nitrogens is 5. The van der Waals surface area contributed by atoms with Crippen molar-refractivity contribution in [3.05, 3.63) is 29.3 Å². The summed E-state index contributed by atoms with van der Waals surface area (Å²) >= 11 is 0. The lowest BCUT2D eigenvalue weighted by atomic mass is 10.2. The molecule has 0 atom stereocenters. The summed E-state index contributed by atoms with van der Waals surface area (Å²) in [6.07, 6.45) is 3.66. The predicted octanol–water partition coefficient (Wildman–Crippen LogP) is 0.147. The third kappa shape index (κ3) is 2.11. The van der Waals surface area contributed by atoms with Gasteiger partial charge in [0.2, 0.25) is 0 Å². The quantitative estimate of drug-likeness (QED) is 0.796. The van der Waals surface area contributed by atoms with Crippen LogP contribution in [0.4, 0.5) is 0 Å². The van der Waals surface area contributed by atoms with Crippen molar-refractivity contribution in [2.75, 3.05) is 0 Å². The zero-order chi connectivity index (χ0) is 11.5. The zero-order valence-electron chi connectivity index (χ0n) is 9.80. The number of hydrogen-bond acceptors (Lipinski definition) is 4. The van der Waals surface area contributed by atoms with Crippen LogP contribution in [0.5, 0.6) is 0 Å². The molecule has 0 unspecified atom stereocenters. The van der Waals surface area contributed by atoms with Crippen molar-refractivity contribution >= 4 is 0 Å². The van der Waals surface area contributed by atoms with Crippen molar-refractivity contribution in [3.63, 3.8) is 0 Å². The molecule has 0 amide bonds. The molecular weight excluding hydrogens is 204 g/mol. The monoisotopic (exact) mass is 220 g/mol. The van der Waals surface area contributed by atoms with E-state index in [0.29, 0.717) is 0 Å². The fraction of sp³-hybridized carbons (Fsp3) is 0.500. The second kappa shape index (κ2) is 4.44. The van der Waals surface area contributed by atoms with Gasteiger partial charge < -0.3 is 5.32 Å². The Hall–Kier alpha value is -1.69. The molecule has 0 aliphatic carbocycles.